The molecule has 26 bridgehead atoms. The van der Waals surface area contributed by atoms with E-state index < -0.39 is 0 Å². The summed E-state index contributed by atoms with van der Waals surface area (Å²) in [6.45, 7) is 41.4. The van der Waals surface area contributed by atoms with E-state index in [1.54, 1.807) is 0 Å². The van der Waals surface area contributed by atoms with Gasteiger partial charge in [-0.05, 0) is 370 Å². The zero-order chi connectivity index (χ0) is 84.3. The normalized spacial score (nSPS) is 11.9. The van der Waals surface area contributed by atoms with Crippen LogP contribution < -0.4 is 0 Å². The van der Waals surface area contributed by atoms with Crippen LogP contribution in [0.15, 0.2) is 218 Å². The summed E-state index contributed by atoms with van der Waals surface area (Å²) < 4.78 is 30.2. The maximum absolute atomic E-state index is 2.46. The first kappa shape index (κ1) is 81.1. The lowest BCUT2D eigenvalue weighted by Crippen LogP contribution is -1.89. The fourth-order valence-corrected chi connectivity index (χ4v) is 34.0. The van der Waals surface area contributed by atoms with E-state index in [0.29, 0.717) is 0 Å². The molecule has 0 atom stereocenters. The monoisotopic (exact) mass is 1790 g/mol. The van der Waals surface area contributed by atoms with Crippen LogP contribution in [0.3, 0.4) is 0 Å². The molecule has 0 fully saturated rings. The first-order valence-corrected chi connectivity index (χ1v) is 51.3. The van der Waals surface area contributed by atoms with Gasteiger partial charge in [0.25, 0.3) is 0 Å². The lowest BCUT2D eigenvalue weighted by atomic mass is 9.94. The van der Waals surface area contributed by atoms with Crippen LogP contribution in [0.5, 0.6) is 0 Å². The molecule has 15 aromatic heterocycles. The van der Waals surface area contributed by atoms with Gasteiger partial charge >= 0.3 is 0 Å². The number of aryl methyl sites for hydroxylation is 18. The highest BCUT2D eigenvalue weighted by Crippen LogP contribution is 2.53. The average Bonchev–Trinajstić information content (AvgIpc) is 1.60. The average molecular weight is 1800 g/mol. The molecule has 122 heavy (non-hydrogen) atoms. The van der Waals surface area contributed by atoms with Gasteiger partial charge in [-0.2, -0.15) is 0 Å². The van der Waals surface area contributed by atoms with Gasteiger partial charge in [0.05, 0.1) is 0 Å². The highest BCUT2D eigenvalue weighted by atomic mass is 32.1. The Kier molecular flexibility index (Phi) is 21.3. The minimum absolute atomic E-state index is 1.25. The first-order chi connectivity index (χ1) is 58.8. The molecule has 6 aromatic carbocycles. The summed E-state index contributed by atoms with van der Waals surface area (Å²) in [4.78, 5) is 0. The SMILES string of the molecule is Cc1cc(C)c(-c2c3ccc(s3)c3ccc(s3)c(-c3c(C)cc(C)cc3C)c3ccc(s3)c3c4ccc(s4)c(-c4c(C)cc(C)cc4C)c4ccc(s4)c4ccc(s4)c(-c4c(C)cc(C)cc4C)c4ccc(s4)c(c4ccc2s4)c2ccc(s2)c(-c2c(C)cc(C)cc2C)c2ccc(s2)c2ccc(s2)c(-c2c(C)cc(C)cc2C)c2ccc3s2)c(C)c1. The van der Waals surface area contributed by atoms with Gasteiger partial charge in [0.1, 0.15) is 0 Å². The highest BCUT2D eigenvalue weighted by Gasteiger charge is 2.24. The number of hydrogen-bond acceptors (Lipinski definition) is 12. The van der Waals surface area contributed by atoms with Crippen molar-refractivity contribution >= 4 is 260 Å². The van der Waals surface area contributed by atoms with E-state index >= 15 is 0 Å². The second kappa shape index (κ2) is 32.0. The fraction of sp³-hybridized carbons (Fsp3) is 0.164. The van der Waals surface area contributed by atoms with Crippen LogP contribution in [-0.2, 0) is 0 Å². The van der Waals surface area contributed by atoms with Crippen LogP contribution in [0.4, 0.5) is 0 Å². The lowest BCUT2D eigenvalue weighted by Gasteiger charge is -2.12. The van der Waals surface area contributed by atoms with Crippen molar-refractivity contribution in [2.45, 2.75) is 125 Å². The first-order valence-electron chi connectivity index (χ1n) is 41.5. The molecule has 21 aromatic rings. The molecule has 0 aliphatic heterocycles. The summed E-state index contributed by atoms with van der Waals surface area (Å²) in [6.07, 6.45) is 0. The third kappa shape index (κ3) is 14.5. The lowest BCUT2D eigenvalue weighted by molar-refractivity contribution is 1.33. The van der Waals surface area contributed by atoms with E-state index in [1.807, 2.05) is 136 Å². The van der Waals surface area contributed by atoms with Crippen LogP contribution in [0.2, 0.25) is 0 Å². The Morgan fingerprint density at radius 3 is 0.311 bits per heavy atom. The number of rotatable bonds is 6. The Hall–Kier alpha value is -9.32. The smallest absolute Gasteiger partial charge is 0.0449 e. The molecule has 0 nitrogen and oxygen atoms in total. The summed E-state index contributed by atoms with van der Waals surface area (Å²) in [5, 5.41) is 2.52. The number of benzene rings is 6. The predicted octanol–water partition coefficient (Wildman–Crippen LogP) is 39.2. The van der Waals surface area contributed by atoms with Gasteiger partial charge in [-0.3, -0.25) is 0 Å². The van der Waals surface area contributed by atoms with E-state index in [-0.39, 0.29) is 0 Å². The Balaban J connectivity index is 1.04. The predicted molar refractivity (Wildman–Crippen MR) is 563 cm³/mol. The van der Waals surface area contributed by atoms with Crippen molar-refractivity contribution in [3.8, 4) is 66.8 Å². The van der Waals surface area contributed by atoms with Crippen molar-refractivity contribution in [3.63, 3.8) is 0 Å². The Labute approximate surface area is 761 Å². The second-order valence-corrected chi connectivity index (χ2v) is 46.6. The third-order valence-electron chi connectivity index (χ3n) is 24.0. The van der Waals surface area contributed by atoms with Gasteiger partial charge in [0, 0.05) is 157 Å². The Morgan fingerprint density at radius 2 is 0.197 bits per heavy atom. The summed E-state index contributed by atoms with van der Waals surface area (Å²) in [6, 6.07) is 87.2. The van der Waals surface area contributed by atoms with Gasteiger partial charge in [-0.15, -0.1) is 136 Å². The van der Waals surface area contributed by atoms with Crippen molar-refractivity contribution in [2.75, 3.05) is 0 Å². The summed E-state index contributed by atoms with van der Waals surface area (Å²) in [5.74, 6) is 0. The van der Waals surface area contributed by atoms with Crippen molar-refractivity contribution in [1.82, 2.24) is 0 Å². The van der Waals surface area contributed by atoms with Crippen molar-refractivity contribution in [2.24, 2.45) is 0 Å². The maximum atomic E-state index is 2.46. The molecule has 0 aliphatic carbocycles. The zero-order valence-electron chi connectivity index (χ0n) is 71.7. The third-order valence-corrected chi connectivity index (χ3v) is 37.9. The molecule has 0 spiro atoms. The van der Waals surface area contributed by atoms with E-state index in [4.69, 9.17) is 0 Å². The summed E-state index contributed by atoms with van der Waals surface area (Å²) >= 11 is 23.3. The standard InChI is InChI=1S/C110H90S12/c1-55-43-61(7)97(62(8)44-55)105-85-25-19-73(111-85)74-20-26-86(112-74)106(98-63(9)45-56(2)46-64(98)10)94-40-34-82(120-94)104-83-35-41-95(121-83)109(101-69(15)51-59(5)52-70(101)16)89-29-23-77(115-89)75-21-27-87(113-75)107(99-65(11)47-57(3)48-66(99)12)92-38-32-80(118-92)103(79-31-37-91(105)117-79)81-33-39-93(119-81)108(100-67(13)49-58(4)50-68(100)14)88-28-22-76(114-88)78-24-30-90(116-78)110(96-42-36-84(104)122-96)102-71(17)53-60(6)54-72(102)18/h19-54H,1-18H3. The zero-order valence-corrected chi connectivity index (χ0v) is 81.5. The second-order valence-electron chi connectivity index (χ2n) is 33.6. The van der Waals surface area contributed by atoms with Crippen molar-refractivity contribution < 1.29 is 0 Å². The molecule has 21 rings (SSSR count). The van der Waals surface area contributed by atoms with E-state index in [9.17, 15) is 0 Å². The fourth-order valence-electron chi connectivity index (χ4n) is 19.6. The molecular formula is C110H90S12. The van der Waals surface area contributed by atoms with Crippen LogP contribution in [0.25, 0.3) is 190 Å². The molecular weight excluding hydrogens is 1710 g/mol. The topological polar surface area (TPSA) is 0 Å². The van der Waals surface area contributed by atoms with Crippen molar-refractivity contribution in [1.29, 1.82) is 0 Å². The minimum Gasteiger partial charge on any atom is -0.135 e. The van der Waals surface area contributed by atoms with Gasteiger partial charge in [0.2, 0.25) is 0 Å². The van der Waals surface area contributed by atoms with Crippen LogP contribution in [0, 0.1) is 125 Å². The van der Waals surface area contributed by atoms with Crippen LogP contribution in [0.1, 0.15) is 100 Å². The van der Waals surface area contributed by atoms with E-state index in [2.05, 4.69) is 343 Å². The number of hydrogen-bond donors (Lipinski definition) is 0. The molecule has 0 amide bonds. The quantitative estimate of drug-likeness (QED) is 0.156. The molecule has 15 heterocycles. The summed E-state index contributed by atoms with van der Waals surface area (Å²) in [5.41, 5.74) is 38.7. The molecule has 0 radical (unpaired) electrons. The molecule has 0 unspecified atom stereocenters. The molecule has 0 saturated carbocycles. The van der Waals surface area contributed by atoms with Gasteiger partial charge in [-0.25, -0.2) is 0 Å². The van der Waals surface area contributed by atoms with Crippen molar-refractivity contribution in [3.05, 3.63) is 319 Å². The molecule has 0 aliphatic rings. The largest absolute Gasteiger partial charge is 0.135 e. The minimum atomic E-state index is 1.25. The molecule has 602 valence electrons. The van der Waals surface area contributed by atoms with E-state index in [1.165, 1.54) is 290 Å². The highest BCUT2D eigenvalue weighted by molar-refractivity contribution is 7.35. The Morgan fingerprint density at radius 1 is 0.107 bits per heavy atom. The summed E-state index contributed by atoms with van der Waals surface area (Å²) in [7, 11) is 0. The molecule has 0 N–H and O–H groups in total. The van der Waals surface area contributed by atoms with Gasteiger partial charge in [0.15, 0.2) is 0 Å². The Bertz CT molecular complexity index is 6920. The van der Waals surface area contributed by atoms with Crippen LogP contribution in [-0.4, -0.2) is 0 Å². The van der Waals surface area contributed by atoms with Crippen LogP contribution >= 0.6 is 136 Å². The van der Waals surface area contributed by atoms with Gasteiger partial charge < -0.3 is 0 Å². The molecule has 12 heteroatoms. The maximum Gasteiger partial charge on any atom is 0.0449 e. The number of thiophene rings is 12. The molecule has 0 saturated heterocycles. The van der Waals surface area contributed by atoms with Gasteiger partial charge in [-0.1, -0.05) is 106 Å². The van der Waals surface area contributed by atoms with E-state index in [0.717, 1.165) is 0 Å².